The standard InChI is InChI=1S/C7H11F2NO2/c1-6(11)10-2-3-12-5-7(8,9)4-10/h2-5H2,1H3. The lowest BCUT2D eigenvalue weighted by Gasteiger charge is -2.21. The second kappa shape index (κ2) is 3.35. The third-order valence-corrected chi connectivity index (χ3v) is 1.69. The molecule has 0 saturated carbocycles. The average Bonchev–Trinajstić information content (AvgIpc) is 2.10. The van der Waals surface area contributed by atoms with Crippen LogP contribution < -0.4 is 0 Å². The molecule has 0 radical (unpaired) electrons. The van der Waals surface area contributed by atoms with Crippen molar-refractivity contribution in [3.05, 3.63) is 0 Å². The number of rotatable bonds is 0. The van der Waals surface area contributed by atoms with E-state index in [1.54, 1.807) is 0 Å². The van der Waals surface area contributed by atoms with Crippen LogP contribution in [0.15, 0.2) is 0 Å². The highest BCUT2D eigenvalue weighted by atomic mass is 19.3. The number of ether oxygens (including phenoxy) is 1. The van der Waals surface area contributed by atoms with Gasteiger partial charge in [-0.25, -0.2) is 8.78 Å². The summed E-state index contributed by atoms with van der Waals surface area (Å²) in [5.74, 6) is -3.23. The second-order valence-electron chi connectivity index (χ2n) is 2.85. The lowest BCUT2D eigenvalue weighted by Crippen LogP contribution is -2.39. The molecule has 70 valence electrons. The molecule has 0 spiro atoms. The van der Waals surface area contributed by atoms with Gasteiger partial charge in [-0.2, -0.15) is 0 Å². The van der Waals surface area contributed by atoms with E-state index in [1.807, 2.05) is 0 Å². The molecule has 0 bridgehead atoms. The van der Waals surface area contributed by atoms with Crippen molar-refractivity contribution in [3.63, 3.8) is 0 Å². The van der Waals surface area contributed by atoms with E-state index in [2.05, 4.69) is 4.74 Å². The topological polar surface area (TPSA) is 29.5 Å². The van der Waals surface area contributed by atoms with Gasteiger partial charge in [0.1, 0.15) is 6.61 Å². The van der Waals surface area contributed by atoms with E-state index >= 15 is 0 Å². The monoisotopic (exact) mass is 179 g/mol. The van der Waals surface area contributed by atoms with Crippen molar-refractivity contribution in [2.24, 2.45) is 0 Å². The Morgan fingerprint density at radius 2 is 2.25 bits per heavy atom. The Kier molecular flexibility index (Phi) is 2.62. The van der Waals surface area contributed by atoms with Crippen LogP contribution in [-0.4, -0.2) is 43.0 Å². The van der Waals surface area contributed by atoms with E-state index < -0.39 is 19.1 Å². The maximum absolute atomic E-state index is 12.8. The van der Waals surface area contributed by atoms with Crippen molar-refractivity contribution < 1.29 is 18.3 Å². The van der Waals surface area contributed by atoms with Crippen molar-refractivity contribution in [3.8, 4) is 0 Å². The molecule has 0 aromatic carbocycles. The zero-order valence-electron chi connectivity index (χ0n) is 6.85. The summed E-state index contributed by atoms with van der Waals surface area (Å²) < 4.78 is 30.2. The van der Waals surface area contributed by atoms with E-state index in [-0.39, 0.29) is 19.1 Å². The van der Waals surface area contributed by atoms with E-state index in [4.69, 9.17) is 0 Å². The minimum Gasteiger partial charge on any atom is -0.373 e. The fraction of sp³-hybridized carbons (Fsp3) is 0.857. The summed E-state index contributed by atoms with van der Waals surface area (Å²) in [6, 6.07) is 0. The summed E-state index contributed by atoms with van der Waals surface area (Å²) in [5, 5.41) is 0. The lowest BCUT2D eigenvalue weighted by molar-refractivity contribution is -0.133. The van der Waals surface area contributed by atoms with Crippen molar-refractivity contribution in [2.45, 2.75) is 12.8 Å². The van der Waals surface area contributed by atoms with Gasteiger partial charge in [0.05, 0.1) is 13.2 Å². The normalized spacial score (nSPS) is 23.4. The molecule has 1 aliphatic heterocycles. The Balaban J connectivity index is 2.60. The van der Waals surface area contributed by atoms with Gasteiger partial charge < -0.3 is 9.64 Å². The van der Waals surface area contributed by atoms with Crippen LogP contribution in [0.4, 0.5) is 8.78 Å². The van der Waals surface area contributed by atoms with Crippen molar-refractivity contribution in [1.82, 2.24) is 4.90 Å². The van der Waals surface area contributed by atoms with Crippen LogP contribution in [0.2, 0.25) is 0 Å². The molecular weight excluding hydrogens is 168 g/mol. The smallest absolute Gasteiger partial charge is 0.288 e. The van der Waals surface area contributed by atoms with Gasteiger partial charge in [-0.15, -0.1) is 0 Å². The molecule has 3 nitrogen and oxygen atoms in total. The fourth-order valence-electron chi connectivity index (χ4n) is 1.07. The molecule has 12 heavy (non-hydrogen) atoms. The zero-order valence-corrected chi connectivity index (χ0v) is 6.85. The highest BCUT2D eigenvalue weighted by Crippen LogP contribution is 2.18. The molecule has 0 aromatic rings. The van der Waals surface area contributed by atoms with Gasteiger partial charge in [0.15, 0.2) is 0 Å². The molecule has 1 saturated heterocycles. The van der Waals surface area contributed by atoms with Gasteiger partial charge in [-0.05, 0) is 0 Å². The quantitative estimate of drug-likeness (QED) is 0.542. The predicted octanol–water partition coefficient (Wildman–Crippen LogP) is 0.500. The van der Waals surface area contributed by atoms with Crippen LogP contribution in [0.3, 0.4) is 0 Å². The third kappa shape index (κ3) is 2.41. The highest BCUT2D eigenvalue weighted by molar-refractivity contribution is 5.73. The summed E-state index contributed by atoms with van der Waals surface area (Å²) in [6.07, 6.45) is 0. The van der Waals surface area contributed by atoms with Gasteiger partial charge in [0, 0.05) is 13.5 Å². The average molecular weight is 179 g/mol. The lowest BCUT2D eigenvalue weighted by atomic mass is 10.3. The SMILES string of the molecule is CC(=O)N1CCOCC(F)(F)C1. The number of hydrogen-bond donors (Lipinski definition) is 0. The first-order valence-corrected chi connectivity index (χ1v) is 3.72. The van der Waals surface area contributed by atoms with Crippen molar-refractivity contribution >= 4 is 5.91 Å². The van der Waals surface area contributed by atoms with Gasteiger partial charge in [-0.3, -0.25) is 4.79 Å². The molecule has 0 atom stereocenters. The Morgan fingerprint density at radius 1 is 1.58 bits per heavy atom. The molecule has 0 aromatic heterocycles. The maximum atomic E-state index is 12.8. The number of carbonyl (C=O) groups is 1. The van der Waals surface area contributed by atoms with Crippen LogP contribution >= 0.6 is 0 Å². The van der Waals surface area contributed by atoms with E-state index in [1.165, 1.54) is 6.92 Å². The number of amides is 1. The Morgan fingerprint density at radius 3 is 2.83 bits per heavy atom. The maximum Gasteiger partial charge on any atom is 0.288 e. The Bertz CT molecular complexity index is 184. The van der Waals surface area contributed by atoms with Crippen molar-refractivity contribution in [2.75, 3.05) is 26.3 Å². The first-order valence-electron chi connectivity index (χ1n) is 3.72. The zero-order chi connectivity index (χ0) is 9.19. The second-order valence-corrected chi connectivity index (χ2v) is 2.85. The highest BCUT2D eigenvalue weighted by Gasteiger charge is 2.35. The number of hydrogen-bond acceptors (Lipinski definition) is 2. The van der Waals surface area contributed by atoms with Crippen molar-refractivity contribution in [1.29, 1.82) is 0 Å². The fourth-order valence-corrected chi connectivity index (χ4v) is 1.07. The Hall–Kier alpha value is -0.710. The molecule has 1 amide bonds. The molecule has 0 aliphatic carbocycles. The molecule has 0 N–H and O–H groups in total. The van der Waals surface area contributed by atoms with Crippen LogP contribution in [0, 0.1) is 0 Å². The first-order chi connectivity index (χ1) is 5.51. The summed E-state index contributed by atoms with van der Waals surface area (Å²) in [4.78, 5) is 11.9. The minimum atomic E-state index is -2.90. The number of halogens is 2. The van der Waals surface area contributed by atoms with E-state index in [0.717, 1.165) is 4.90 Å². The van der Waals surface area contributed by atoms with Gasteiger partial charge in [-0.1, -0.05) is 0 Å². The number of carbonyl (C=O) groups excluding carboxylic acids is 1. The predicted molar refractivity (Wildman–Crippen MR) is 38.0 cm³/mol. The Labute approximate surface area is 69.3 Å². The molecule has 1 fully saturated rings. The van der Waals surface area contributed by atoms with Crippen LogP contribution in [0.25, 0.3) is 0 Å². The van der Waals surface area contributed by atoms with Gasteiger partial charge >= 0.3 is 0 Å². The number of alkyl halides is 2. The first kappa shape index (κ1) is 9.38. The van der Waals surface area contributed by atoms with Gasteiger partial charge in [0.2, 0.25) is 5.91 Å². The largest absolute Gasteiger partial charge is 0.373 e. The van der Waals surface area contributed by atoms with E-state index in [9.17, 15) is 13.6 Å². The third-order valence-electron chi connectivity index (χ3n) is 1.69. The van der Waals surface area contributed by atoms with E-state index in [0.29, 0.717) is 0 Å². The summed E-state index contributed by atoms with van der Waals surface area (Å²) in [5.41, 5.74) is 0. The molecule has 1 aliphatic rings. The van der Waals surface area contributed by atoms with Crippen LogP contribution in [0.1, 0.15) is 6.92 Å². The molecule has 5 heteroatoms. The molecule has 0 unspecified atom stereocenters. The molecule has 1 heterocycles. The van der Waals surface area contributed by atoms with Gasteiger partial charge in [0.25, 0.3) is 5.92 Å². The molecular formula is C7H11F2NO2. The summed E-state index contributed by atoms with van der Waals surface area (Å²) in [7, 11) is 0. The minimum absolute atomic E-state index is 0.190. The number of nitrogens with zero attached hydrogens (tertiary/aromatic N) is 1. The van der Waals surface area contributed by atoms with Crippen LogP contribution in [-0.2, 0) is 9.53 Å². The summed E-state index contributed by atoms with van der Waals surface area (Å²) >= 11 is 0. The van der Waals surface area contributed by atoms with Crippen LogP contribution in [0.5, 0.6) is 0 Å². The summed E-state index contributed by atoms with van der Waals surface area (Å²) in [6.45, 7) is 0.612. The molecule has 1 rings (SSSR count).